The monoisotopic (exact) mass is 299 g/mol. The van der Waals surface area contributed by atoms with E-state index in [-0.39, 0.29) is 17.8 Å². The first-order chi connectivity index (χ1) is 9.67. The first-order valence-corrected chi connectivity index (χ1v) is 6.77. The molecule has 0 bridgehead atoms. The smallest absolute Gasteiger partial charge is 0.415 e. The molecule has 1 heterocycles. The largest absolute Gasteiger partial charge is 0.443 e. The predicted octanol–water partition coefficient (Wildman–Crippen LogP) is 3.49. The minimum absolute atomic E-state index is 0.116. The Labute approximate surface area is 122 Å². The van der Waals surface area contributed by atoms with Gasteiger partial charge in [0.1, 0.15) is 23.3 Å². The average molecular weight is 299 g/mol. The van der Waals surface area contributed by atoms with Crippen molar-refractivity contribution < 1.29 is 23.0 Å². The van der Waals surface area contributed by atoms with Crippen LogP contribution < -0.4 is 4.90 Å². The quantitative estimate of drug-likeness (QED) is 0.802. The second-order valence-corrected chi connectivity index (χ2v) is 6.09. The SMILES string of the molecule is C[C@@H]([C@H]1CO1)N(C(=O)OC(C)(C)C)c1cc(F)cc(F)c1. The maximum absolute atomic E-state index is 13.4. The van der Waals surface area contributed by atoms with E-state index in [0.29, 0.717) is 6.61 Å². The lowest BCUT2D eigenvalue weighted by atomic mass is 10.1. The predicted molar refractivity (Wildman–Crippen MR) is 74.3 cm³/mol. The van der Waals surface area contributed by atoms with Gasteiger partial charge in [-0.15, -0.1) is 0 Å². The van der Waals surface area contributed by atoms with Crippen LogP contribution in [-0.2, 0) is 9.47 Å². The van der Waals surface area contributed by atoms with Crippen LogP contribution in [0.4, 0.5) is 19.3 Å². The molecule has 0 saturated carbocycles. The molecule has 0 unspecified atom stereocenters. The topological polar surface area (TPSA) is 42.1 Å². The fourth-order valence-corrected chi connectivity index (χ4v) is 2.00. The molecule has 116 valence electrons. The van der Waals surface area contributed by atoms with Crippen LogP contribution in [0.25, 0.3) is 0 Å². The molecular weight excluding hydrogens is 280 g/mol. The Morgan fingerprint density at radius 2 is 1.86 bits per heavy atom. The fraction of sp³-hybridized carbons (Fsp3) is 0.533. The van der Waals surface area contributed by atoms with Crippen LogP contribution >= 0.6 is 0 Å². The molecular formula is C15H19F2NO3. The molecule has 1 aliphatic heterocycles. The molecule has 1 amide bonds. The van der Waals surface area contributed by atoms with E-state index in [1.807, 2.05) is 0 Å². The van der Waals surface area contributed by atoms with Crippen molar-refractivity contribution in [2.24, 2.45) is 0 Å². The maximum atomic E-state index is 13.4. The molecule has 6 heteroatoms. The van der Waals surface area contributed by atoms with E-state index >= 15 is 0 Å². The Morgan fingerprint density at radius 3 is 2.29 bits per heavy atom. The maximum Gasteiger partial charge on any atom is 0.415 e. The summed E-state index contributed by atoms with van der Waals surface area (Å²) in [7, 11) is 0. The Morgan fingerprint density at radius 1 is 1.33 bits per heavy atom. The highest BCUT2D eigenvalue weighted by Crippen LogP contribution is 2.28. The number of amides is 1. The van der Waals surface area contributed by atoms with Crippen LogP contribution in [-0.4, -0.2) is 30.4 Å². The summed E-state index contributed by atoms with van der Waals surface area (Å²) in [6, 6.07) is 2.59. The lowest BCUT2D eigenvalue weighted by Crippen LogP contribution is -2.45. The van der Waals surface area contributed by atoms with Crippen LogP contribution in [0.2, 0.25) is 0 Å². The molecule has 0 radical (unpaired) electrons. The third kappa shape index (κ3) is 4.14. The van der Waals surface area contributed by atoms with E-state index in [9.17, 15) is 13.6 Å². The van der Waals surface area contributed by atoms with Gasteiger partial charge in [-0.1, -0.05) is 0 Å². The van der Waals surface area contributed by atoms with Crippen molar-refractivity contribution in [3.8, 4) is 0 Å². The van der Waals surface area contributed by atoms with E-state index in [1.165, 1.54) is 4.90 Å². The zero-order valence-electron chi connectivity index (χ0n) is 12.5. The molecule has 1 aromatic carbocycles. The van der Waals surface area contributed by atoms with Gasteiger partial charge in [-0.2, -0.15) is 0 Å². The van der Waals surface area contributed by atoms with Gasteiger partial charge in [0.15, 0.2) is 0 Å². The Bertz CT molecular complexity index is 518. The summed E-state index contributed by atoms with van der Waals surface area (Å²) in [5.41, 5.74) is -0.588. The van der Waals surface area contributed by atoms with Gasteiger partial charge < -0.3 is 9.47 Å². The Kier molecular flexibility index (Phi) is 4.18. The van der Waals surface area contributed by atoms with Gasteiger partial charge in [-0.25, -0.2) is 13.6 Å². The van der Waals surface area contributed by atoms with Gasteiger partial charge in [0.2, 0.25) is 0 Å². The molecule has 0 N–H and O–H groups in total. The standard InChI is InChI=1S/C15H19F2NO3/c1-9(13-8-20-13)18(14(19)21-15(2,3)4)12-6-10(16)5-11(17)7-12/h5-7,9,13H,8H2,1-4H3/t9-,13+/m0/s1. The number of ether oxygens (including phenoxy) is 2. The molecule has 21 heavy (non-hydrogen) atoms. The Hall–Kier alpha value is -1.69. The second kappa shape index (κ2) is 5.60. The number of hydrogen-bond donors (Lipinski definition) is 0. The van der Waals surface area contributed by atoms with Crippen molar-refractivity contribution in [1.29, 1.82) is 0 Å². The van der Waals surface area contributed by atoms with Crippen LogP contribution in [0.5, 0.6) is 0 Å². The minimum atomic E-state index is -0.748. The van der Waals surface area contributed by atoms with E-state index in [4.69, 9.17) is 9.47 Å². The van der Waals surface area contributed by atoms with Crippen molar-refractivity contribution in [3.05, 3.63) is 29.8 Å². The highest BCUT2D eigenvalue weighted by atomic mass is 19.1. The molecule has 0 aromatic heterocycles. The van der Waals surface area contributed by atoms with Crippen molar-refractivity contribution in [2.45, 2.75) is 45.4 Å². The van der Waals surface area contributed by atoms with Crippen molar-refractivity contribution >= 4 is 11.8 Å². The molecule has 2 atom stereocenters. The number of carbonyl (C=O) groups is 1. The normalized spacial score (nSPS) is 19.0. The molecule has 1 aliphatic rings. The number of carbonyl (C=O) groups excluding carboxylic acids is 1. The lowest BCUT2D eigenvalue weighted by Gasteiger charge is -2.31. The average Bonchev–Trinajstić information content (AvgIpc) is 3.08. The molecule has 2 rings (SSSR count). The summed E-state index contributed by atoms with van der Waals surface area (Å²) in [5, 5.41) is 0. The molecule has 4 nitrogen and oxygen atoms in total. The molecule has 1 fully saturated rings. The van der Waals surface area contributed by atoms with Crippen LogP contribution in [0.1, 0.15) is 27.7 Å². The number of benzene rings is 1. The van der Waals surface area contributed by atoms with Gasteiger partial charge in [0.05, 0.1) is 18.3 Å². The number of nitrogens with zero attached hydrogens (tertiary/aromatic N) is 1. The second-order valence-electron chi connectivity index (χ2n) is 6.09. The number of rotatable bonds is 3. The van der Waals surface area contributed by atoms with Gasteiger partial charge in [0.25, 0.3) is 0 Å². The van der Waals surface area contributed by atoms with E-state index < -0.39 is 23.3 Å². The van der Waals surface area contributed by atoms with Crippen molar-refractivity contribution in [1.82, 2.24) is 0 Å². The van der Waals surface area contributed by atoms with Crippen LogP contribution in [0.3, 0.4) is 0 Å². The summed E-state index contributed by atoms with van der Waals surface area (Å²) in [6.45, 7) is 7.46. The number of halogens is 2. The third-order valence-electron chi connectivity index (χ3n) is 3.02. The highest BCUT2D eigenvalue weighted by Gasteiger charge is 2.38. The van der Waals surface area contributed by atoms with E-state index in [0.717, 1.165) is 18.2 Å². The molecule has 0 spiro atoms. The number of epoxide rings is 1. The molecule has 1 aromatic rings. The first kappa shape index (κ1) is 15.7. The number of anilines is 1. The summed E-state index contributed by atoms with van der Waals surface area (Å²) in [6.07, 6.45) is -0.806. The van der Waals surface area contributed by atoms with Crippen LogP contribution in [0.15, 0.2) is 18.2 Å². The summed E-state index contributed by atoms with van der Waals surface area (Å²) >= 11 is 0. The Balaban J connectivity index is 2.33. The summed E-state index contributed by atoms with van der Waals surface area (Å²) in [4.78, 5) is 13.6. The zero-order valence-corrected chi connectivity index (χ0v) is 12.5. The van der Waals surface area contributed by atoms with Crippen molar-refractivity contribution in [2.75, 3.05) is 11.5 Å². The third-order valence-corrected chi connectivity index (χ3v) is 3.02. The zero-order chi connectivity index (χ0) is 15.8. The van der Waals surface area contributed by atoms with E-state index in [1.54, 1.807) is 27.7 Å². The van der Waals surface area contributed by atoms with Crippen molar-refractivity contribution in [3.63, 3.8) is 0 Å². The first-order valence-electron chi connectivity index (χ1n) is 6.77. The minimum Gasteiger partial charge on any atom is -0.443 e. The lowest BCUT2D eigenvalue weighted by molar-refractivity contribution is 0.0562. The molecule has 0 aliphatic carbocycles. The fourth-order valence-electron chi connectivity index (χ4n) is 2.00. The van der Waals surface area contributed by atoms with Gasteiger partial charge >= 0.3 is 6.09 Å². The summed E-state index contributed by atoms with van der Waals surface area (Å²) < 4.78 is 37.3. The van der Waals surface area contributed by atoms with Crippen LogP contribution in [0, 0.1) is 11.6 Å². The van der Waals surface area contributed by atoms with Gasteiger partial charge in [-0.3, -0.25) is 4.90 Å². The summed E-state index contributed by atoms with van der Waals surface area (Å²) in [5.74, 6) is -1.50. The number of hydrogen-bond acceptors (Lipinski definition) is 3. The van der Waals surface area contributed by atoms with Gasteiger partial charge in [-0.05, 0) is 39.8 Å². The van der Waals surface area contributed by atoms with E-state index in [2.05, 4.69) is 0 Å². The highest BCUT2D eigenvalue weighted by molar-refractivity contribution is 5.88. The van der Waals surface area contributed by atoms with Gasteiger partial charge in [0, 0.05) is 6.07 Å². The molecule has 1 saturated heterocycles.